The van der Waals surface area contributed by atoms with E-state index in [9.17, 15) is 19.7 Å². The summed E-state index contributed by atoms with van der Waals surface area (Å²) in [6.45, 7) is 0. The zero-order valence-electron chi connectivity index (χ0n) is 19.9. The third-order valence-electron chi connectivity index (χ3n) is 6.50. The van der Waals surface area contributed by atoms with Crippen LogP contribution in [0.2, 0.25) is 0 Å². The Bertz CT molecular complexity index is 1430. The van der Waals surface area contributed by atoms with Gasteiger partial charge in [-0.2, -0.15) is 0 Å². The summed E-state index contributed by atoms with van der Waals surface area (Å²) < 4.78 is 0. The standard InChI is InChI=1S/C26H25N5O4S/c1-30(2)17-12-8-16(9-13-17)21-22-19(4-3-5-20(22)32)27-24-23(21)25(33)29-26(28-24)36-14-15-6-10-18(11-7-15)31(34)35/h6-13,21H,3-5,14H2,1-2H3,(H2,27,28,29,33). The maximum Gasteiger partial charge on any atom is 0.269 e. The molecule has 0 amide bonds. The Morgan fingerprint density at radius 1 is 1.08 bits per heavy atom. The molecule has 184 valence electrons. The van der Waals surface area contributed by atoms with Crippen molar-refractivity contribution < 1.29 is 9.72 Å². The van der Waals surface area contributed by atoms with Gasteiger partial charge in [0.25, 0.3) is 11.2 Å². The highest BCUT2D eigenvalue weighted by Crippen LogP contribution is 2.43. The quantitative estimate of drug-likeness (QED) is 0.217. The number of nitro benzene ring substituents is 1. The third kappa shape index (κ3) is 4.51. The molecule has 0 fully saturated rings. The number of nitrogens with zero attached hydrogens (tertiary/aromatic N) is 3. The minimum absolute atomic E-state index is 0.0315. The smallest absolute Gasteiger partial charge is 0.269 e. The number of non-ortho nitro benzene ring substituents is 1. The number of nitro groups is 1. The van der Waals surface area contributed by atoms with Gasteiger partial charge in [0.05, 0.1) is 10.5 Å². The van der Waals surface area contributed by atoms with Crippen LogP contribution in [0.25, 0.3) is 0 Å². The number of aromatic amines is 1. The lowest BCUT2D eigenvalue weighted by Crippen LogP contribution is -2.32. The number of fused-ring (bicyclic) bond motifs is 1. The number of anilines is 2. The van der Waals surface area contributed by atoms with Crippen LogP contribution in [0.15, 0.2) is 69.8 Å². The molecule has 1 aliphatic heterocycles. The molecule has 0 radical (unpaired) electrons. The first kappa shape index (κ1) is 23.8. The molecule has 9 nitrogen and oxygen atoms in total. The Labute approximate surface area is 211 Å². The minimum Gasteiger partial charge on any atom is -0.378 e. The average Bonchev–Trinajstić information content (AvgIpc) is 2.86. The van der Waals surface area contributed by atoms with Crippen molar-refractivity contribution in [3.05, 3.63) is 97.0 Å². The van der Waals surface area contributed by atoms with Gasteiger partial charge in [0, 0.05) is 61.3 Å². The Balaban J connectivity index is 1.50. The zero-order chi connectivity index (χ0) is 25.4. The van der Waals surface area contributed by atoms with Gasteiger partial charge in [-0.25, -0.2) is 4.98 Å². The number of carbonyl (C=O) groups is 1. The molecule has 1 unspecified atom stereocenters. The summed E-state index contributed by atoms with van der Waals surface area (Å²) in [5, 5.41) is 14.6. The van der Waals surface area contributed by atoms with Crippen molar-refractivity contribution in [3.8, 4) is 0 Å². The highest BCUT2D eigenvalue weighted by molar-refractivity contribution is 7.98. The minimum atomic E-state index is -0.481. The Kier molecular flexibility index (Phi) is 6.36. The van der Waals surface area contributed by atoms with Crippen LogP contribution >= 0.6 is 11.8 Å². The van der Waals surface area contributed by atoms with Crippen LogP contribution < -0.4 is 15.8 Å². The van der Waals surface area contributed by atoms with Crippen LogP contribution in [-0.4, -0.2) is 34.8 Å². The normalized spacial score (nSPS) is 16.7. The molecule has 1 atom stereocenters. The van der Waals surface area contributed by atoms with Gasteiger partial charge in [-0.3, -0.25) is 19.7 Å². The van der Waals surface area contributed by atoms with Crippen molar-refractivity contribution in [1.82, 2.24) is 9.97 Å². The largest absolute Gasteiger partial charge is 0.378 e. The summed E-state index contributed by atoms with van der Waals surface area (Å²) in [6.07, 6.45) is 1.96. The molecule has 0 spiro atoms. The summed E-state index contributed by atoms with van der Waals surface area (Å²) in [6, 6.07) is 14.2. The lowest BCUT2D eigenvalue weighted by atomic mass is 9.76. The number of rotatable bonds is 6. The first-order chi connectivity index (χ1) is 17.3. The number of nitrogens with one attached hydrogen (secondary N) is 2. The molecule has 2 N–H and O–H groups in total. The molecule has 0 bridgehead atoms. The van der Waals surface area contributed by atoms with E-state index in [1.807, 2.05) is 43.3 Å². The topological polar surface area (TPSA) is 121 Å². The summed E-state index contributed by atoms with van der Waals surface area (Å²) >= 11 is 1.34. The lowest BCUT2D eigenvalue weighted by molar-refractivity contribution is -0.384. The van der Waals surface area contributed by atoms with Crippen molar-refractivity contribution in [3.63, 3.8) is 0 Å². The van der Waals surface area contributed by atoms with Gasteiger partial charge in [-0.05, 0) is 36.1 Å². The molecule has 2 heterocycles. The van der Waals surface area contributed by atoms with Crippen molar-refractivity contribution in [2.45, 2.75) is 36.1 Å². The number of allylic oxidation sites excluding steroid dienone is 2. The first-order valence-electron chi connectivity index (χ1n) is 11.6. The second-order valence-electron chi connectivity index (χ2n) is 9.06. The lowest BCUT2D eigenvalue weighted by Gasteiger charge is -2.33. The fraction of sp³-hybridized carbons (Fsp3) is 0.269. The Morgan fingerprint density at radius 2 is 1.81 bits per heavy atom. The second-order valence-corrected chi connectivity index (χ2v) is 10.0. The number of Topliss-reactive ketones (excluding diaryl/α,β-unsaturated/α-hetero) is 1. The van der Waals surface area contributed by atoms with Crippen LogP contribution in [0.4, 0.5) is 17.2 Å². The molecule has 1 aromatic heterocycles. The molecule has 0 saturated heterocycles. The molecule has 5 rings (SSSR count). The number of aromatic nitrogens is 2. The number of carbonyl (C=O) groups excluding carboxylic acids is 1. The van der Waals surface area contributed by atoms with E-state index < -0.39 is 10.8 Å². The predicted octanol–water partition coefficient (Wildman–Crippen LogP) is 4.60. The van der Waals surface area contributed by atoms with Gasteiger partial charge in [-0.15, -0.1) is 0 Å². The van der Waals surface area contributed by atoms with Crippen LogP contribution in [0.5, 0.6) is 0 Å². The van der Waals surface area contributed by atoms with Crippen LogP contribution in [0.1, 0.15) is 41.9 Å². The van der Waals surface area contributed by atoms with E-state index in [-0.39, 0.29) is 17.0 Å². The van der Waals surface area contributed by atoms with E-state index in [1.165, 1.54) is 23.9 Å². The summed E-state index contributed by atoms with van der Waals surface area (Å²) in [4.78, 5) is 46.4. The van der Waals surface area contributed by atoms with Crippen LogP contribution in [-0.2, 0) is 10.5 Å². The summed E-state index contributed by atoms with van der Waals surface area (Å²) in [7, 11) is 3.93. The molecule has 2 aliphatic rings. The van der Waals surface area contributed by atoms with E-state index in [0.717, 1.165) is 35.4 Å². The summed E-state index contributed by atoms with van der Waals surface area (Å²) in [5.74, 6) is 0.541. The molecule has 3 aromatic rings. The third-order valence-corrected chi connectivity index (χ3v) is 7.45. The van der Waals surface area contributed by atoms with E-state index in [0.29, 0.717) is 34.3 Å². The number of benzene rings is 2. The average molecular weight is 504 g/mol. The Hall–Kier alpha value is -3.92. The fourth-order valence-electron chi connectivity index (χ4n) is 4.67. The number of hydrogen-bond donors (Lipinski definition) is 2. The van der Waals surface area contributed by atoms with Gasteiger partial charge >= 0.3 is 0 Å². The maximum absolute atomic E-state index is 13.4. The highest BCUT2D eigenvalue weighted by Gasteiger charge is 2.37. The Morgan fingerprint density at radius 3 is 2.47 bits per heavy atom. The molecular weight excluding hydrogens is 478 g/mol. The van der Waals surface area contributed by atoms with E-state index >= 15 is 0 Å². The van der Waals surface area contributed by atoms with Crippen LogP contribution in [0.3, 0.4) is 0 Å². The van der Waals surface area contributed by atoms with Gasteiger partial charge in [0.2, 0.25) is 0 Å². The molecule has 10 heteroatoms. The van der Waals surface area contributed by atoms with Crippen LogP contribution in [0, 0.1) is 10.1 Å². The van der Waals surface area contributed by atoms with E-state index in [2.05, 4.69) is 10.3 Å². The van der Waals surface area contributed by atoms with Gasteiger partial charge < -0.3 is 15.2 Å². The van der Waals surface area contributed by atoms with E-state index in [4.69, 9.17) is 4.98 Å². The zero-order valence-corrected chi connectivity index (χ0v) is 20.7. The number of hydrogen-bond acceptors (Lipinski definition) is 8. The highest BCUT2D eigenvalue weighted by atomic mass is 32.2. The molecule has 1 aliphatic carbocycles. The van der Waals surface area contributed by atoms with Crippen molar-refractivity contribution in [2.24, 2.45) is 0 Å². The second kappa shape index (κ2) is 9.62. The molecule has 2 aromatic carbocycles. The van der Waals surface area contributed by atoms with Gasteiger partial charge in [0.1, 0.15) is 5.82 Å². The van der Waals surface area contributed by atoms with Crippen molar-refractivity contribution >= 4 is 34.7 Å². The van der Waals surface area contributed by atoms with Crippen molar-refractivity contribution in [2.75, 3.05) is 24.3 Å². The molecule has 36 heavy (non-hydrogen) atoms. The fourth-order valence-corrected chi connectivity index (χ4v) is 5.49. The maximum atomic E-state index is 13.4. The monoisotopic (exact) mass is 503 g/mol. The van der Waals surface area contributed by atoms with Gasteiger partial charge in [0.15, 0.2) is 10.9 Å². The molecular formula is C26H25N5O4S. The summed E-state index contributed by atoms with van der Waals surface area (Å²) in [5.41, 5.74) is 4.47. The number of H-pyrrole nitrogens is 1. The predicted molar refractivity (Wildman–Crippen MR) is 140 cm³/mol. The number of ketones is 1. The van der Waals surface area contributed by atoms with Crippen molar-refractivity contribution in [1.29, 1.82) is 0 Å². The van der Waals surface area contributed by atoms with E-state index in [1.54, 1.807) is 12.1 Å². The SMILES string of the molecule is CN(C)c1ccc(C2C3=C(CCCC3=O)Nc3nc(SCc4ccc([N+](=O)[O-])cc4)[nH]c(=O)c32)cc1. The first-order valence-corrected chi connectivity index (χ1v) is 12.6. The molecule has 0 saturated carbocycles. The number of thioether (sulfide) groups is 1. The van der Waals surface area contributed by atoms with Gasteiger partial charge in [-0.1, -0.05) is 36.0 Å².